The van der Waals surface area contributed by atoms with Crippen molar-refractivity contribution in [2.24, 2.45) is 22.5 Å². The highest BCUT2D eigenvalue weighted by molar-refractivity contribution is 8.00. The molecule has 1 aliphatic heterocycles. The lowest BCUT2D eigenvalue weighted by atomic mass is 9.74. The minimum absolute atomic E-state index is 0.0319. The average molecular weight is 632 g/mol. The quantitative estimate of drug-likeness (QED) is 0.0986. The summed E-state index contributed by atoms with van der Waals surface area (Å²) in [4.78, 5) is 71.6. The van der Waals surface area contributed by atoms with Crippen LogP contribution in [0.1, 0.15) is 81.1 Å². The lowest BCUT2D eigenvalue weighted by Gasteiger charge is -2.33. The second kappa shape index (κ2) is 17.6. The summed E-state index contributed by atoms with van der Waals surface area (Å²) in [6, 6.07) is -0.530. The van der Waals surface area contributed by atoms with Crippen molar-refractivity contribution in [3.63, 3.8) is 0 Å². The molecule has 1 saturated heterocycles. The van der Waals surface area contributed by atoms with Gasteiger partial charge in [0.15, 0.2) is 0 Å². The van der Waals surface area contributed by atoms with Gasteiger partial charge in [-0.05, 0) is 53.5 Å². The SMILES string of the molecule is CC(C)CC(=O)NCCNC(=O)C(C)(C)CC(C)(C)C(=O)O.CNC(CSC1CC(=O)N(C(C)(C)CCO)C1=O)C(N)=O. The number of imide groups is 1. The first kappa shape index (κ1) is 40.3. The molecule has 0 aromatic heterocycles. The number of hydrogen-bond donors (Lipinski definition) is 6. The van der Waals surface area contributed by atoms with E-state index >= 15 is 0 Å². The van der Waals surface area contributed by atoms with Crippen LogP contribution >= 0.6 is 11.8 Å². The van der Waals surface area contributed by atoms with Gasteiger partial charge in [-0.1, -0.05) is 27.7 Å². The van der Waals surface area contributed by atoms with Gasteiger partial charge in [-0.2, -0.15) is 0 Å². The molecule has 248 valence electrons. The van der Waals surface area contributed by atoms with Gasteiger partial charge in [-0.15, -0.1) is 11.8 Å². The van der Waals surface area contributed by atoms with E-state index in [9.17, 15) is 28.8 Å². The Labute approximate surface area is 259 Å². The second-order valence-corrected chi connectivity index (χ2v) is 14.3. The van der Waals surface area contributed by atoms with Crippen molar-refractivity contribution >= 4 is 47.3 Å². The molecule has 0 bridgehead atoms. The number of aliphatic hydroxyl groups excluding tert-OH is 1. The zero-order valence-electron chi connectivity index (χ0n) is 27.2. The normalized spacial score (nSPS) is 16.4. The number of likely N-dealkylation sites (N-methyl/N-ethyl adjacent to an activating group) is 1. The molecule has 0 aliphatic carbocycles. The largest absolute Gasteiger partial charge is 0.481 e. The number of hydrogen-bond acceptors (Lipinski definition) is 9. The molecular weight excluding hydrogens is 578 g/mol. The first-order valence-corrected chi connectivity index (χ1v) is 15.5. The van der Waals surface area contributed by atoms with E-state index in [2.05, 4.69) is 16.0 Å². The van der Waals surface area contributed by atoms with Gasteiger partial charge in [0, 0.05) is 49.2 Å². The molecule has 0 aromatic rings. The fourth-order valence-corrected chi connectivity index (χ4v) is 5.86. The van der Waals surface area contributed by atoms with E-state index < -0.39 is 39.5 Å². The number of thioether (sulfide) groups is 1. The number of carbonyl (C=O) groups excluding carboxylic acids is 5. The molecule has 7 N–H and O–H groups in total. The molecule has 0 spiro atoms. The van der Waals surface area contributed by atoms with Crippen LogP contribution in [-0.2, 0) is 28.8 Å². The first-order chi connectivity index (χ1) is 19.6. The molecule has 1 aliphatic rings. The maximum Gasteiger partial charge on any atom is 0.309 e. The van der Waals surface area contributed by atoms with Gasteiger partial charge in [0.2, 0.25) is 29.5 Å². The number of aliphatic carboxylic acids is 1. The Morgan fingerprint density at radius 3 is 2.05 bits per heavy atom. The van der Waals surface area contributed by atoms with E-state index in [1.807, 2.05) is 13.8 Å². The van der Waals surface area contributed by atoms with Crippen LogP contribution in [0.5, 0.6) is 0 Å². The summed E-state index contributed by atoms with van der Waals surface area (Å²) >= 11 is 1.26. The summed E-state index contributed by atoms with van der Waals surface area (Å²) in [5, 5.41) is 26.0. The number of likely N-dealkylation sites (tertiary alicyclic amines) is 1. The Balaban J connectivity index is 0.000000821. The molecule has 1 rings (SSSR count). The summed E-state index contributed by atoms with van der Waals surface area (Å²) in [5.74, 6) is -1.52. The van der Waals surface area contributed by atoms with Crippen LogP contribution in [0.4, 0.5) is 0 Å². The number of carboxylic acid groups (broad SMARTS) is 1. The van der Waals surface area contributed by atoms with Crippen molar-refractivity contribution < 1.29 is 39.0 Å². The molecule has 43 heavy (non-hydrogen) atoms. The van der Waals surface area contributed by atoms with E-state index in [1.54, 1.807) is 48.6 Å². The number of amides is 5. The second-order valence-electron chi connectivity index (χ2n) is 13.1. The zero-order valence-corrected chi connectivity index (χ0v) is 28.0. The van der Waals surface area contributed by atoms with Crippen LogP contribution in [0.2, 0.25) is 0 Å². The van der Waals surface area contributed by atoms with Crippen LogP contribution in [0, 0.1) is 16.7 Å². The molecule has 0 saturated carbocycles. The van der Waals surface area contributed by atoms with E-state index in [0.29, 0.717) is 37.6 Å². The maximum atomic E-state index is 12.4. The van der Waals surface area contributed by atoms with Gasteiger partial charge in [0.1, 0.15) is 0 Å². The summed E-state index contributed by atoms with van der Waals surface area (Å²) in [6.45, 7) is 14.7. The van der Waals surface area contributed by atoms with Crippen LogP contribution in [0.25, 0.3) is 0 Å². The average Bonchev–Trinajstić information content (AvgIpc) is 3.14. The molecule has 2 atom stereocenters. The van der Waals surface area contributed by atoms with Crippen molar-refractivity contribution in [2.75, 3.05) is 32.5 Å². The van der Waals surface area contributed by atoms with Gasteiger partial charge in [-0.3, -0.25) is 33.7 Å². The van der Waals surface area contributed by atoms with E-state index in [1.165, 1.54) is 16.7 Å². The molecule has 0 radical (unpaired) electrons. The number of primary amides is 1. The highest BCUT2D eigenvalue weighted by Crippen LogP contribution is 2.34. The predicted molar refractivity (Wildman–Crippen MR) is 166 cm³/mol. The standard InChI is InChI=1S/C16H30N2O4.C13H23N3O4S/c1-11(2)9-12(19)17-7-8-18-13(20)15(3,4)10-16(5,6)14(21)22;1-13(2,4-5-17)16-10(18)6-9(12(16)20)21-7-8(15-3)11(14)19/h11H,7-10H2,1-6H3,(H,17,19)(H,18,20)(H,21,22);8-9,15,17H,4-7H2,1-3H3,(H2,14,19). The van der Waals surface area contributed by atoms with Crippen LogP contribution < -0.4 is 21.7 Å². The lowest BCUT2D eigenvalue weighted by molar-refractivity contribution is -0.150. The van der Waals surface area contributed by atoms with Crippen molar-refractivity contribution in [2.45, 2.75) is 97.9 Å². The highest BCUT2D eigenvalue weighted by atomic mass is 32.2. The van der Waals surface area contributed by atoms with Gasteiger partial charge in [-0.25, -0.2) is 0 Å². The number of carboxylic acids is 1. The smallest absolute Gasteiger partial charge is 0.309 e. The summed E-state index contributed by atoms with van der Waals surface area (Å²) < 4.78 is 0. The maximum absolute atomic E-state index is 12.4. The van der Waals surface area contributed by atoms with E-state index in [-0.39, 0.29) is 43.1 Å². The Morgan fingerprint density at radius 1 is 1.02 bits per heavy atom. The Hall–Kier alpha value is -2.71. The summed E-state index contributed by atoms with van der Waals surface area (Å²) in [7, 11) is 1.62. The number of nitrogens with zero attached hydrogens (tertiary/aromatic N) is 1. The summed E-state index contributed by atoms with van der Waals surface area (Å²) in [6.07, 6.45) is 1.16. The van der Waals surface area contributed by atoms with Crippen LogP contribution in [0.3, 0.4) is 0 Å². The Bertz CT molecular complexity index is 999. The van der Waals surface area contributed by atoms with Gasteiger partial charge in [0.05, 0.1) is 16.7 Å². The minimum atomic E-state index is -0.966. The number of nitrogens with two attached hydrogens (primary N) is 1. The third kappa shape index (κ3) is 13.6. The predicted octanol–water partition coefficient (Wildman–Crippen LogP) is 0.873. The number of rotatable bonds is 17. The fraction of sp³-hybridized carbons (Fsp3) is 0.793. The van der Waals surface area contributed by atoms with Gasteiger partial charge < -0.3 is 31.9 Å². The Morgan fingerprint density at radius 2 is 1.58 bits per heavy atom. The van der Waals surface area contributed by atoms with Crippen LogP contribution in [-0.4, -0.2) is 99.9 Å². The minimum Gasteiger partial charge on any atom is -0.481 e. The number of nitrogens with one attached hydrogen (secondary N) is 3. The van der Waals surface area contributed by atoms with Crippen molar-refractivity contribution in [3.8, 4) is 0 Å². The number of aliphatic hydroxyl groups is 1. The fourth-order valence-electron chi connectivity index (χ4n) is 4.60. The first-order valence-electron chi connectivity index (χ1n) is 14.5. The molecule has 14 heteroatoms. The van der Waals surface area contributed by atoms with E-state index in [0.717, 1.165) is 0 Å². The third-order valence-corrected chi connectivity index (χ3v) is 8.29. The molecule has 0 aromatic carbocycles. The third-order valence-electron chi connectivity index (χ3n) is 6.99. The Kier molecular flexibility index (Phi) is 16.4. The van der Waals surface area contributed by atoms with Crippen molar-refractivity contribution in [1.82, 2.24) is 20.9 Å². The lowest BCUT2D eigenvalue weighted by Crippen LogP contribution is -2.48. The van der Waals surface area contributed by atoms with Gasteiger partial charge in [0.25, 0.3) is 0 Å². The molecule has 1 heterocycles. The van der Waals surface area contributed by atoms with Crippen molar-refractivity contribution in [3.05, 3.63) is 0 Å². The summed E-state index contributed by atoms with van der Waals surface area (Å²) in [5.41, 5.74) is 2.77. The van der Waals surface area contributed by atoms with Crippen molar-refractivity contribution in [1.29, 1.82) is 0 Å². The number of carbonyl (C=O) groups is 6. The topological polar surface area (TPSA) is 208 Å². The molecular formula is C29H53N5O8S. The van der Waals surface area contributed by atoms with Crippen LogP contribution in [0.15, 0.2) is 0 Å². The molecule has 5 amide bonds. The highest BCUT2D eigenvalue weighted by Gasteiger charge is 2.46. The van der Waals surface area contributed by atoms with E-state index in [4.69, 9.17) is 15.9 Å². The molecule has 2 unspecified atom stereocenters. The monoisotopic (exact) mass is 631 g/mol. The molecule has 13 nitrogen and oxygen atoms in total. The molecule has 1 fully saturated rings. The zero-order chi connectivity index (χ0) is 33.8. The van der Waals surface area contributed by atoms with Gasteiger partial charge >= 0.3 is 5.97 Å².